The van der Waals surface area contributed by atoms with Crippen LogP contribution in [0.25, 0.3) is 11.5 Å². The molecule has 2 N–H and O–H groups in total. The van der Waals surface area contributed by atoms with E-state index in [1.807, 2.05) is 0 Å². The molecular weight excluding hydrogens is 282 g/mol. The minimum Gasteiger partial charge on any atom is -0.423 e. The van der Waals surface area contributed by atoms with Crippen LogP contribution in [0.15, 0.2) is 52.4 Å². The van der Waals surface area contributed by atoms with Crippen molar-refractivity contribution in [3.63, 3.8) is 0 Å². The van der Waals surface area contributed by atoms with Crippen molar-refractivity contribution >= 4 is 15.7 Å². The zero-order valence-corrected chi connectivity index (χ0v) is 10.8. The summed E-state index contributed by atoms with van der Waals surface area (Å²) in [5.41, 5.74) is 1.00. The van der Waals surface area contributed by atoms with Crippen LogP contribution in [0, 0.1) is 0 Å². The summed E-state index contributed by atoms with van der Waals surface area (Å²) >= 11 is 0. The number of benzene rings is 1. The van der Waals surface area contributed by atoms with Gasteiger partial charge in [0.15, 0.2) is 5.03 Å². The standard InChI is InChI=1S/C11H9N5O3S/c17-20(18,10-4-5-12-14-10)16-9-3-1-2-8(6-9)11-15-13-7-19-11/h1-7,16H,(H,12,14). The number of nitrogens with zero attached hydrogens (tertiary/aromatic N) is 3. The van der Waals surface area contributed by atoms with Gasteiger partial charge in [-0.15, -0.1) is 10.2 Å². The predicted molar refractivity (Wildman–Crippen MR) is 69.1 cm³/mol. The quantitative estimate of drug-likeness (QED) is 0.748. The number of hydrogen-bond donors (Lipinski definition) is 2. The summed E-state index contributed by atoms with van der Waals surface area (Å²) in [4.78, 5) is 0. The molecule has 0 bridgehead atoms. The summed E-state index contributed by atoms with van der Waals surface area (Å²) in [6.45, 7) is 0. The van der Waals surface area contributed by atoms with E-state index in [0.29, 0.717) is 17.1 Å². The lowest BCUT2D eigenvalue weighted by molar-refractivity contribution is 0.568. The Morgan fingerprint density at radius 3 is 2.85 bits per heavy atom. The second kappa shape index (κ2) is 4.78. The van der Waals surface area contributed by atoms with Gasteiger partial charge in [-0.3, -0.25) is 9.82 Å². The zero-order chi connectivity index (χ0) is 14.0. The molecule has 0 aliphatic carbocycles. The Balaban J connectivity index is 1.91. The molecule has 0 fully saturated rings. The number of sulfonamides is 1. The van der Waals surface area contributed by atoms with Crippen LogP contribution in [0.4, 0.5) is 5.69 Å². The molecule has 0 amide bonds. The largest absolute Gasteiger partial charge is 0.423 e. The van der Waals surface area contributed by atoms with Gasteiger partial charge in [0, 0.05) is 11.3 Å². The molecule has 3 rings (SSSR count). The lowest BCUT2D eigenvalue weighted by Crippen LogP contribution is -2.13. The highest BCUT2D eigenvalue weighted by Crippen LogP contribution is 2.22. The van der Waals surface area contributed by atoms with E-state index in [2.05, 4.69) is 25.1 Å². The summed E-state index contributed by atoms with van der Waals surface area (Å²) in [6, 6.07) is 8.01. The van der Waals surface area contributed by atoms with Crippen LogP contribution in [-0.4, -0.2) is 28.8 Å². The van der Waals surface area contributed by atoms with E-state index in [4.69, 9.17) is 4.42 Å². The van der Waals surface area contributed by atoms with Crippen LogP contribution in [0.5, 0.6) is 0 Å². The first kappa shape index (κ1) is 12.4. The normalized spacial score (nSPS) is 11.4. The fraction of sp³-hybridized carbons (Fsp3) is 0. The molecule has 0 saturated carbocycles. The van der Waals surface area contributed by atoms with Crippen molar-refractivity contribution in [1.29, 1.82) is 0 Å². The van der Waals surface area contributed by atoms with Gasteiger partial charge in [0.2, 0.25) is 12.3 Å². The molecule has 0 saturated heterocycles. The molecule has 2 aromatic heterocycles. The first-order valence-electron chi connectivity index (χ1n) is 5.54. The highest BCUT2D eigenvalue weighted by molar-refractivity contribution is 7.92. The Bertz CT molecular complexity index is 796. The molecule has 0 radical (unpaired) electrons. The summed E-state index contributed by atoms with van der Waals surface area (Å²) in [5, 5.41) is 13.3. The Labute approximate surface area is 113 Å². The molecule has 0 atom stereocenters. The van der Waals surface area contributed by atoms with Crippen molar-refractivity contribution < 1.29 is 12.8 Å². The zero-order valence-electron chi connectivity index (χ0n) is 10.0. The first-order valence-corrected chi connectivity index (χ1v) is 7.02. The summed E-state index contributed by atoms with van der Waals surface area (Å²) in [7, 11) is -3.69. The lowest BCUT2D eigenvalue weighted by atomic mass is 10.2. The highest BCUT2D eigenvalue weighted by Gasteiger charge is 2.16. The number of H-pyrrole nitrogens is 1. The number of hydrogen-bond acceptors (Lipinski definition) is 6. The Kier molecular flexibility index (Phi) is 2.95. The summed E-state index contributed by atoms with van der Waals surface area (Å²) in [5.74, 6) is 0.313. The monoisotopic (exact) mass is 291 g/mol. The van der Waals surface area contributed by atoms with E-state index in [9.17, 15) is 8.42 Å². The van der Waals surface area contributed by atoms with Crippen molar-refractivity contribution in [2.24, 2.45) is 0 Å². The SMILES string of the molecule is O=S(=O)(Nc1cccc(-c2nnco2)c1)c1ccn[nH]1. The maximum Gasteiger partial charge on any atom is 0.278 e. The Morgan fingerprint density at radius 2 is 2.15 bits per heavy atom. The van der Waals surface area contributed by atoms with E-state index < -0.39 is 10.0 Å². The van der Waals surface area contributed by atoms with Crippen molar-refractivity contribution in [1.82, 2.24) is 20.4 Å². The molecule has 102 valence electrons. The number of rotatable bonds is 4. The van der Waals surface area contributed by atoms with Gasteiger partial charge in [-0.05, 0) is 24.3 Å². The minimum absolute atomic E-state index is 0.0132. The highest BCUT2D eigenvalue weighted by atomic mass is 32.2. The molecule has 0 aliphatic rings. The van der Waals surface area contributed by atoms with Crippen molar-refractivity contribution in [3.05, 3.63) is 42.9 Å². The van der Waals surface area contributed by atoms with Gasteiger partial charge in [-0.25, -0.2) is 0 Å². The van der Waals surface area contributed by atoms with Crippen LogP contribution in [0.1, 0.15) is 0 Å². The minimum atomic E-state index is -3.69. The van der Waals surface area contributed by atoms with Crippen LogP contribution in [0.3, 0.4) is 0 Å². The molecule has 0 spiro atoms. The number of aromatic amines is 1. The van der Waals surface area contributed by atoms with Crippen molar-refractivity contribution in [2.45, 2.75) is 5.03 Å². The van der Waals surface area contributed by atoms with Gasteiger partial charge in [0.25, 0.3) is 10.0 Å². The maximum atomic E-state index is 12.0. The van der Waals surface area contributed by atoms with E-state index in [-0.39, 0.29) is 5.03 Å². The Morgan fingerprint density at radius 1 is 1.25 bits per heavy atom. The third kappa shape index (κ3) is 2.38. The number of aromatic nitrogens is 4. The van der Waals surface area contributed by atoms with E-state index in [0.717, 1.165) is 0 Å². The van der Waals surface area contributed by atoms with Gasteiger partial charge in [0.05, 0.1) is 6.20 Å². The fourth-order valence-electron chi connectivity index (χ4n) is 1.62. The summed E-state index contributed by atoms with van der Waals surface area (Å²) in [6.07, 6.45) is 2.57. The first-order chi connectivity index (χ1) is 9.65. The molecule has 0 aliphatic heterocycles. The van der Waals surface area contributed by atoms with E-state index in [1.165, 1.54) is 18.7 Å². The van der Waals surface area contributed by atoms with Gasteiger partial charge >= 0.3 is 0 Å². The predicted octanol–water partition coefficient (Wildman–Crippen LogP) is 1.26. The second-order valence-corrected chi connectivity index (χ2v) is 5.50. The third-order valence-electron chi connectivity index (χ3n) is 2.49. The number of nitrogens with one attached hydrogen (secondary N) is 2. The van der Waals surface area contributed by atoms with Crippen LogP contribution < -0.4 is 4.72 Å². The van der Waals surface area contributed by atoms with E-state index >= 15 is 0 Å². The van der Waals surface area contributed by atoms with Crippen molar-refractivity contribution in [3.8, 4) is 11.5 Å². The van der Waals surface area contributed by atoms with Gasteiger partial charge in [0.1, 0.15) is 0 Å². The summed E-state index contributed by atoms with van der Waals surface area (Å²) < 4.78 is 31.5. The van der Waals surface area contributed by atoms with Gasteiger partial charge in [-0.1, -0.05) is 6.07 Å². The maximum absolute atomic E-state index is 12.0. The average Bonchev–Trinajstić information content (AvgIpc) is 3.12. The van der Waals surface area contributed by atoms with E-state index in [1.54, 1.807) is 24.3 Å². The molecule has 2 heterocycles. The topological polar surface area (TPSA) is 114 Å². The molecular formula is C11H9N5O3S. The Hall–Kier alpha value is -2.68. The second-order valence-electron chi connectivity index (χ2n) is 3.85. The van der Waals surface area contributed by atoms with Crippen LogP contribution in [0.2, 0.25) is 0 Å². The molecule has 9 heteroatoms. The molecule has 3 aromatic rings. The van der Waals surface area contributed by atoms with Crippen LogP contribution in [-0.2, 0) is 10.0 Å². The van der Waals surface area contributed by atoms with Crippen LogP contribution >= 0.6 is 0 Å². The molecule has 0 unspecified atom stereocenters. The number of anilines is 1. The average molecular weight is 291 g/mol. The molecule has 1 aromatic carbocycles. The lowest BCUT2D eigenvalue weighted by Gasteiger charge is -2.06. The fourth-order valence-corrected chi connectivity index (χ4v) is 2.58. The molecule has 8 nitrogen and oxygen atoms in total. The smallest absolute Gasteiger partial charge is 0.278 e. The van der Waals surface area contributed by atoms with Gasteiger partial charge in [-0.2, -0.15) is 13.5 Å². The van der Waals surface area contributed by atoms with Crippen molar-refractivity contribution in [2.75, 3.05) is 4.72 Å². The third-order valence-corrected chi connectivity index (χ3v) is 3.80. The molecule has 20 heavy (non-hydrogen) atoms. The van der Waals surface area contributed by atoms with Gasteiger partial charge < -0.3 is 4.42 Å².